The second-order valence-electron chi connectivity index (χ2n) is 5.76. The van der Waals surface area contributed by atoms with Crippen molar-refractivity contribution in [3.8, 4) is 0 Å². The molecular weight excluding hydrogens is 316 g/mol. The van der Waals surface area contributed by atoms with Crippen molar-refractivity contribution in [2.45, 2.75) is 32.6 Å². The molecule has 1 aromatic rings. The number of halogens is 1. The number of nitrogens with one attached hydrogen (secondary N) is 1. The lowest BCUT2D eigenvalue weighted by atomic mass is 10.1. The number of thioether (sulfide) groups is 1. The minimum absolute atomic E-state index is 0.521. The van der Waals surface area contributed by atoms with Gasteiger partial charge in [-0.1, -0.05) is 31.5 Å². The van der Waals surface area contributed by atoms with E-state index in [-0.39, 0.29) is 0 Å². The number of rotatable bonds is 4. The fraction of sp³-hybridized carbons (Fsp3) is 0.625. The molecule has 0 aliphatic carbocycles. The first kappa shape index (κ1) is 17.4. The summed E-state index contributed by atoms with van der Waals surface area (Å²) in [5.74, 6) is 2.86. The van der Waals surface area contributed by atoms with Gasteiger partial charge in [0, 0.05) is 36.8 Å². The number of hydrogen-bond donors (Lipinski definition) is 1. The van der Waals surface area contributed by atoms with E-state index >= 15 is 0 Å². The van der Waals surface area contributed by atoms with E-state index in [1.165, 1.54) is 0 Å². The van der Waals surface area contributed by atoms with Crippen molar-refractivity contribution in [2.24, 2.45) is 10.9 Å². The van der Waals surface area contributed by atoms with Gasteiger partial charge in [-0.2, -0.15) is 11.8 Å². The summed E-state index contributed by atoms with van der Waals surface area (Å²) in [5, 5.41) is 4.61. The fourth-order valence-corrected chi connectivity index (χ4v) is 3.77. The van der Waals surface area contributed by atoms with Gasteiger partial charge in [-0.05, 0) is 24.5 Å². The minimum Gasteiger partial charge on any atom is -0.357 e. The second kappa shape index (κ2) is 8.63. The maximum atomic E-state index is 5.82. The zero-order valence-electron chi connectivity index (χ0n) is 13.6. The normalized spacial score (nSPS) is 19.6. The number of pyridine rings is 1. The summed E-state index contributed by atoms with van der Waals surface area (Å²) in [7, 11) is 0. The number of aliphatic imine (C=N–C) groups is 1. The first-order chi connectivity index (χ1) is 10.6. The number of guanidine groups is 1. The average Bonchev–Trinajstić information content (AvgIpc) is 2.53. The molecule has 0 spiro atoms. The highest BCUT2D eigenvalue weighted by molar-refractivity contribution is 8.00. The SMILES string of the molecule is CCNC(=NCc1ccc(Cl)nc1)N1CCSC(C(C)C)C1. The summed E-state index contributed by atoms with van der Waals surface area (Å²) >= 11 is 7.90. The average molecular weight is 341 g/mol. The quantitative estimate of drug-likeness (QED) is 0.519. The summed E-state index contributed by atoms with van der Waals surface area (Å²) in [6, 6.07) is 3.79. The molecule has 2 rings (SSSR count). The van der Waals surface area contributed by atoms with Crippen LogP contribution in [0.5, 0.6) is 0 Å². The van der Waals surface area contributed by atoms with Crippen molar-refractivity contribution >= 4 is 29.3 Å². The molecule has 1 N–H and O–H groups in total. The molecule has 1 saturated heterocycles. The molecule has 22 heavy (non-hydrogen) atoms. The molecule has 1 unspecified atom stereocenters. The Kier molecular flexibility index (Phi) is 6.83. The Bertz CT molecular complexity index is 489. The maximum Gasteiger partial charge on any atom is 0.194 e. The topological polar surface area (TPSA) is 40.5 Å². The van der Waals surface area contributed by atoms with Crippen LogP contribution < -0.4 is 5.32 Å². The smallest absolute Gasteiger partial charge is 0.194 e. The van der Waals surface area contributed by atoms with E-state index in [1.807, 2.05) is 12.1 Å². The predicted molar refractivity (Wildman–Crippen MR) is 96.7 cm³/mol. The third-order valence-electron chi connectivity index (χ3n) is 3.67. The number of aromatic nitrogens is 1. The highest BCUT2D eigenvalue weighted by atomic mass is 35.5. The summed E-state index contributed by atoms with van der Waals surface area (Å²) in [4.78, 5) is 11.3. The van der Waals surface area contributed by atoms with Crippen LogP contribution in [0.15, 0.2) is 23.3 Å². The van der Waals surface area contributed by atoms with Gasteiger partial charge in [0.25, 0.3) is 0 Å². The van der Waals surface area contributed by atoms with Gasteiger partial charge in [-0.25, -0.2) is 9.98 Å². The molecule has 1 aliphatic heterocycles. The fourth-order valence-electron chi connectivity index (χ4n) is 2.36. The van der Waals surface area contributed by atoms with E-state index in [4.69, 9.17) is 16.6 Å². The molecule has 0 bridgehead atoms. The lowest BCUT2D eigenvalue weighted by Gasteiger charge is -2.36. The van der Waals surface area contributed by atoms with Crippen molar-refractivity contribution in [1.82, 2.24) is 15.2 Å². The Morgan fingerprint density at radius 1 is 1.55 bits per heavy atom. The van der Waals surface area contributed by atoms with Crippen LogP contribution >= 0.6 is 23.4 Å². The molecule has 1 fully saturated rings. The number of hydrogen-bond acceptors (Lipinski definition) is 3. The Balaban J connectivity index is 2.04. The minimum atomic E-state index is 0.521. The molecule has 122 valence electrons. The van der Waals surface area contributed by atoms with Gasteiger partial charge in [-0.3, -0.25) is 0 Å². The molecule has 6 heteroatoms. The predicted octanol–water partition coefficient (Wildman–Crippen LogP) is 3.27. The molecule has 0 saturated carbocycles. The van der Waals surface area contributed by atoms with E-state index < -0.39 is 0 Å². The summed E-state index contributed by atoms with van der Waals surface area (Å²) in [6.07, 6.45) is 1.79. The zero-order chi connectivity index (χ0) is 15.9. The molecule has 2 heterocycles. The monoisotopic (exact) mass is 340 g/mol. The van der Waals surface area contributed by atoms with Crippen LogP contribution in [-0.2, 0) is 6.54 Å². The first-order valence-electron chi connectivity index (χ1n) is 7.85. The van der Waals surface area contributed by atoms with Crippen LogP contribution in [0, 0.1) is 5.92 Å². The van der Waals surface area contributed by atoms with Gasteiger partial charge in [0.2, 0.25) is 0 Å². The molecule has 4 nitrogen and oxygen atoms in total. The van der Waals surface area contributed by atoms with Crippen LogP contribution in [-0.4, -0.2) is 46.5 Å². The van der Waals surface area contributed by atoms with E-state index in [9.17, 15) is 0 Å². The largest absolute Gasteiger partial charge is 0.357 e. The van der Waals surface area contributed by atoms with Crippen LogP contribution in [0.4, 0.5) is 0 Å². The standard InChI is InChI=1S/C16H25ClN4S/c1-4-18-16(20-10-13-5-6-15(17)19-9-13)21-7-8-22-14(11-21)12(2)3/h5-6,9,12,14H,4,7-8,10-11H2,1-3H3,(H,18,20). The van der Waals surface area contributed by atoms with Gasteiger partial charge >= 0.3 is 0 Å². The summed E-state index contributed by atoms with van der Waals surface area (Å²) < 4.78 is 0. The Hall–Kier alpha value is -0.940. The first-order valence-corrected chi connectivity index (χ1v) is 9.28. The molecule has 1 aromatic heterocycles. The summed E-state index contributed by atoms with van der Waals surface area (Å²) in [6.45, 7) is 10.3. The Morgan fingerprint density at radius 2 is 2.36 bits per heavy atom. The number of nitrogens with zero attached hydrogens (tertiary/aromatic N) is 3. The lowest BCUT2D eigenvalue weighted by Crippen LogP contribution is -2.49. The second-order valence-corrected chi connectivity index (χ2v) is 7.49. The van der Waals surface area contributed by atoms with Gasteiger partial charge in [-0.15, -0.1) is 0 Å². The molecule has 0 aromatic carbocycles. The molecular formula is C16H25ClN4S. The van der Waals surface area contributed by atoms with Crippen molar-refractivity contribution in [1.29, 1.82) is 0 Å². The van der Waals surface area contributed by atoms with Crippen molar-refractivity contribution in [2.75, 3.05) is 25.4 Å². The maximum absolute atomic E-state index is 5.82. The van der Waals surface area contributed by atoms with Gasteiger partial charge in [0.05, 0.1) is 6.54 Å². The lowest BCUT2D eigenvalue weighted by molar-refractivity contribution is 0.381. The van der Waals surface area contributed by atoms with Crippen LogP contribution in [0.25, 0.3) is 0 Å². The molecule has 0 amide bonds. The highest BCUT2D eigenvalue weighted by Crippen LogP contribution is 2.24. The van der Waals surface area contributed by atoms with Crippen molar-refractivity contribution < 1.29 is 0 Å². The molecule has 1 aliphatic rings. The van der Waals surface area contributed by atoms with Crippen molar-refractivity contribution in [3.63, 3.8) is 0 Å². The zero-order valence-corrected chi connectivity index (χ0v) is 15.1. The molecule has 1 atom stereocenters. The molecule has 0 radical (unpaired) electrons. The van der Waals surface area contributed by atoms with Gasteiger partial charge in [0.15, 0.2) is 5.96 Å². The third-order valence-corrected chi connectivity index (χ3v) is 5.43. The van der Waals surface area contributed by atoms with Crippen LogP contribution in [0.1, 0.15) is 26.3 Å². The highest BCUT2D eigenvalue weighted by Gasteiger charge is 2.24. The van der Waals surface area contributed by atoms with E-state index in [1.54, 1.807) is 6.20 Å². The van der Waals surface area contributed by atoms with Gasteiger partial charge < -0.3 is 10.2 Å². The van der Waals surface area contributed by atoms with E-state index in [2.05, 4.69) is 47.7 Å². The summed E-state index contributed by atoms with van der Waals surface area (Å²) in [5.41, 5.74) is 1.08. The van der Waals surface area contributed by atoms with E-state index in [0.29, 0.717) is 22.9 Å². The van der Waals surface area contributed by atoms with Crippen LogP contribution in [0.2, 0.25) is 5.15 Å². The van der Waals surface area contributed by atoms with E-state index in [0.717, 1.165) is 36.9 Å². The third kappa shape index (κ3) is 5.06. The Labute approximate surface area is 142 Å². The Morgan fingerprint density at radius 3 is 3.00 bits per heavy atom. The van der Waals surface area contributed by atoms with Crippen LogP contribution in [0.3, 0.4) is 0 Å². The van der Waals surface area contributed by atoms with Crippen molar-refractivity contribution in [3.05, 3.63) is 29.0 Å². The van der Waals surface area contributed by atoms with Gasteiger partial charge in [0.1, 0.15) is 5.15 Å².